The van der Waals surface area contributed by atoms with Gasteiger partial charge in [0.05, 0.1) is 16.6 Å². The van der Waals surface area contributed by atoms with Crippen molar-refractivity contribution in [3.8, 4) is 0 Å². The van der Waals surface area contributed by atoms with Crippen molar-refractivity contribution in [3.63, 3.8) is 0 Å². The monoisotopic (exact) mass is 289 g/mol. The first-order valence-corrected chi connectivity index (χ1v) is 8.03. The lowest BCUT2D eigenvalue weighted by Crippen LogP contribution is -2.23. The molecule has 4 heteroatoms. The molecule has 1 heterocycles. The largest absolute Gasteiger partial charge is 0.305 e. The van der Waals surface area contributed by atoms with Crippen molar-refractivity contribution >= 4 is 11.5 Å². The van der Waals surface area contributed by atoms with Gasteiger partial charge in [-0.05, 0) is 48.5 Å². The van der Waals surface area contributed by atoms with Crippen molar-refractivity contribution in [1.29, 1.82) is 0 Å². The Balaban J connectivity index is 2.29. The summed E-state index contributed by atoms with van der Waals surface area (Å²) in [5, 5.41) is 7.75. The molecule has 3 nitrogen and oxygen atoms in total. The van der Waals surface area contributed by atoms with E-state index >= 15 is 0 Å². The number of rotatable bonds is 6. The van der Waals surface area contributed by atoms with Crippen LogP contribution in [0.4, 0.5) is 0 Å². The third-order valence-electron chi connectivity index (χ3n) is 3.48. The van der Waals surface area contributed by atoms with Gasteiger partial charge in [-0.3, -0.25) is 0 Å². The number of aromatic nitrogens is 2. The van der Waals surface area contributed by atoms with Crippen molar-refractivity contribution in [1.82, 2.24) is 14.9 Å². The maximum Gasteiger partial charge on any atom is 0.0776 e. The third-order valence-corrected chi connectivity index (χ3v) is 4.37. The normalized spacial score (nSPS) is 12.8. The fourth-order valence-electron chi connectivity index (χ4n) is 2.23. The third kappa shape index (κ3) is 3.44. The van der Waals surface area contributed by atoms with Crippen molar-refractivity contribution in [2.75, 3.05) is 6.54 Å². The Labute approximate surface area is 125 Å². The highest BCUT2D eigenvalue weighted by Gasteiger charge is 2.18. The Kier molecular flexibility index (Phi) is 5.26. The van der Waals surface area contributed by atoms with Crippen LogP contribution in [0, 0.1) is 6.92 Å². The highest BCUT2D eigenvalue weighted by molar-refractivity contribution is 7.05. The molecule has 20 heavy (non-hydrogen) atoms. The minimum absolute atomic E-state index is 0.205. The quantitative estimate of drug-likeness (QED) is 0.871. The molecule has 0 amide bonds. The van der Waals surface area contributed by atoms with Gasteiger partial charge >= 0.3 is 0 Å². The first kappa shape index (κ1) is 15.1. The van der Waals surface area contributed by atoms with Gasteiger partial charge in [-0.1, -0.05) is 49.5 Å². The fraction of sp³-hybridized carbons (Fsp3) is 0.500. The molecule has 0 spiro atoms. The van der Waals surface area contributed by atoms with Crippen LogP contribution in [0.3, 0.4) is 0 Å². The van der Waals surface area contributed by atoms with E-state index in [4.69, 9.17) is 0 Å². The van der Waals surface area contributed by atoms with Gasteiger partial charge in [0.15, 0.2) is 0 Å². The molecule has 1 unspecified atom stereocenters. The number of nitrogens with zero attached hydrogens (tertiary/aromatic N) is 2. The first-order valence-electron chi connectivity index (χ1n) is 7.25. The van der Waals surface area contributed by atoms with Crippen LogP contribution < -0.4 is 5.32 Å². The summed E-state index contributed by atoms with van der Waals surface area (Å²) in [5.41, 5.74) is 3.69. The molecule has 1 aromatic heterocycles. The van der Waals surface area contributed by atoms with E-state index in [9.17, 15) is 0 Å². The van der Waals surface area contributed by atoms with E-state index in [0.29, 0.717) is 5.92 Å². The summed E-state index contributed by atoms with van der Waals surface area (Å²) < 4.78 is 4.07. The molecule has 0 bridgehead atoms. The van der Waals surface area contributed by atoms with Crippen molar-refractivity contribution in [2.45, 2.75) is 46.1 Å². The maximum atomic E-state index is 4.15. The molecule has 1 atom stereocenters. The molecule has 2 rings (SSSR count). The molecule has 1 N–H and O–H groups in total. The van der Waals surface area contributed by atoms with Crippen LogP contribution in [0.5, 0.6) is 0 Å². The second-order valence-corrected chi connectivity index (χ2v) is 6.22. The van der Waals surface area contributed by atoms with Crippen LogP contribution in [-0.4, -0.2) is 16.1 Å². The molecular formula is C16H23N3S. The lowest BCUT2D eigenvalue weighted by molar-refractivity contribution is 0.602. The predicted octanol–water partition coefficient (Wildman–Crippen LogP) is 4.06. The summed E-state index contributed by atoms with van der Waals surface area (Å²) in [6.07, 6.45) is 1.12. The van der Waals surface area contributed by atoms with E-state index in [-0.39, 0.29) is 6.04 Å². The summed E-state index contributed by atoms with van der Waals surface area (Å²) in [6.45, 7) is 9.65. The topological polar surface area (TPSA) is 37.8 Å². The second kappa shape index (κ2) is 6.95. The predicted molar refractivity (Wildman–Crippen MR) is 85.3 cm³/mol. The summed E-state index contributed by atoms with van der Waals surface area (Å²) in [4.78, 5) is 1.22. The van der Waals surface area contributed by atoms with Crippen LogP contribution in [-0.2, 0) is 0 Å². The minimum Gasteiger partial charge on any atom is -0.305 e. The molecule has 0 fully saturated rings. The first-order chi connectivity index (χ1) is 9.63. The fourth-order valence-corrected chi connectivity index (χ4v) is 2.98. The zero-order valence-corrected chi connectivity index (χ0v) is 13.5. The van der Waals surface area contributed by atoms with E-state index in [1.54, 1.807) is 0 Å². The number of hydrogen-bond acceptors (Lipinski definition) is 4. The summed E-state index contributed by atoms with van der Waals surface area (Å²) in [5.74, 6) is 0.568. The van der Waals surface area contributed by atoms with Crippen molar-refractivity contribution < 1.29 is 0 Å². The van der Waals surface area contributed by atoms with Crippen LogP contribution in [0.15, 0.2) is 24.3 Å². The lowest BCUT2D eigenvalue weighted by Gasteiger charge is -2.18. The van der Waals surface area contributed by atoms with Gasteiger partial charge in [0.25, 0.3) is 0 Å². The van der Waals surface area contributed by atoms with Crippen LogP contribution in [0.1, 0.15) is 60.8 Å². The Morgan fingerprint density at radius 3 is 2.30 bits per heavy atom. The molecule has 0 aliphatic heterocycles. The van der Waals surface area contributed by atoms with E-state index in [2.05, 4.69) is 59.9 Å². The molecule has 0 aliphatic rings. The summed E-state index contributed by atoms with van der Waals surface area (Å²) in [6, 6.07) is 9.11. The van der Waals surface area contributed by atoms with E-state index in [1.807, 2.05) is 6.92 Å². The van der Waals surface area contributed by atoms with E-state index in [0.717, 1.165) is 18.7 Å². The van der Waals surface area contributed by atoms with E-state index < -0.39 is 0 Å². The molecular weight excluding hydrogens is 266 g/mol. The molecule has 0 aliphatic carbocycles. The molecule has 0 saturated carbocycles. The van der Waals surface area contributed by atoms with Gasteiger partial charge < -0.3 is 5.32 Å². The number of hydrogen-bond donors (Lipinski definition) is 1. The second-order valence-electron chi connectivity index (χ2n) is 5.43. The van der Waals surface area contributed by atoms with Crippen LogP contribution in [0.2, 0.25) is 0 Å². The Morgan fingerprint density at radius 2 is 1.80 bits per heavy atom. The number of benzene rings is 1. The smallest absolute Gasteiger partial charge is 0.0776 e. The Hall–Kier alpha value is -1.26. The van der Waals surface area contributed by atoms with Gasteiger partial charge in [-0.15, -0.1) is 5.10 Å². The van der Waals surface area contributed by atoms with Crippen molar-refractivity contribution in [3.05, 3.63) is 46.0 Å². The van der Waals surface area contributed by atoms with Gasteiger partial charge in [-0.2, -0.15) is 0 Å². The Bertz CT molecular complexity index is 531. The standard InChI is InChI=1S/C16H23N3S/c1-5-10-17-15(16-12(4)18-19-20-16)14-8-6-13(7-9-14)11(2)3/h6-9,11,15,17H,5,10H2,1-4H3. The zero-order valence-electron chi connectivity index (χ0n) is 12.7. The summed E-state index contributed by atoms with van der Waals surface area (Å²) in [7, 11) is 0. The number of nitrogens with one attached hydrogen (secondary N) is 1. The van der Waals surface area contributed by atoms with Gasteiger partial charge in [0, 0.05) is 0 Å². The molecule has 2 aromatic rings. The van der Waals surface area contributed by atoms with Crippen LogP contribution in [0.25, 0.3) is 0 Å². The number of aryl methyl sites for hydroxylation is 1. The lowest BCUT2D eigenvalue weighted by atomic mass is 9.98. The molecule has 0 radical (unpaired) electrons. The van der Waals surface area contributed by atoms with Crippen molar-refractivity contribution in [2.24, 2.45) is 0 Å². The molecule has 1 aromatic carbocycles. The van der Waals surface area contributed by atoms with Gasteiger partial charge in [0.1, 0.15) is 0 Å². The average molecular weight is 289 g/mol. The maximum absolute atomic E-state index is 4.15. The molecule has 108 valence electrons. The Morgan fingerprint density at radius 1 is 1.15 bits per heavy atom. The highest BCUT2D eigenvalue weighted by Crippen LogP contribution is 2.28. The zero-order chi connectivity index (χ0) is 14.5. The minimum atomic E-state index is 0.205. The molecule has 0 saturated heterocycles. The van der Waals surface area contributed by atoms with E-state index in [1.165, 1.54) is 27.5 Å². The SMILES string of the molecule is CCCNC(c1ccc(C(C)C)cc1)c1snnc1C. The average Bonchev–Trinajstić information content (AvgIpc) is 2.86. The summed E-state index contributed by atoms with van der Waals surface area (Å²) >= 11 is 1.49. The van der Waals surface area contributed by atoms with Crippen LogP contribution >= 0.6 is 11.5 Å². The van der Waals surface area contributed by atoms with Gasteiger partial charge in [0.2, 0.25) is 0 Å². The van der Waals surface area contributed by atoms with Gasteiger partial charge in [-0.25, -0.2) is 0 Å². The highest BCUT2D eigenvalue weighted by atomic mass is 32.1.